The fraction of sp³-hybridized carbons (Fsp3) is 0.200. The number of aliphatic carboxylic acids is 1. The van der Waals surface area contributed by atoms with Crippen molar-refractivity contribution in [2.75, 3.05) is 18.7 Å². The summed E-state index contributed by atoms with van der Waals surface area (Å²) in [6.45, 7) is -0.275. The number of carbonyl (C=O) groups excluding carboxylic acids is 2. The summed E-state index contributed by atoms with van der Waals surface area (Å²) in [5.74, 6) is 3.80. The van der Waals surface area contributed by atoms with E-state index in [2.05, 4.69) is 21.1 Å². The molecular formula is C20H21N5O6. The second-order valence-electron chi connectivity index (χ2n) is 6.54. The topological polar surface area (TPSA) is 164 Å². The van der Waals surface area contributed by atoms with E-state index in [0.717, 1.165) is 0 Å². The number of carbonyl (C=O) groups is 3. The summed E-state index contributed by atoms with van der Waals surface area (Å²) < 4.78 is 10.5. The van der Waals surface area contributed by atoms with Gasteiger partial charge >= 0.3 is 5.97 Å². The van der Waals surface area contributed by atoms with E-state index in [4.69, 9.17) is 15.3 Å². The summed E-state index contributed by atoms with van der Waals surface area (Å²) in [6, 6.07) is 10.4. The lowest BCUT2D eigenvalue weighted by Gasteiger charge is -2.15. The Morgan fingerprint density at radius 3 is 2.74 bits per heavy atom. The number of hydrogen-bond donors (Lipinski definition) is 5. The smallest absolute Gasteiger partial charge is 0.326 e. The lowest BCUT2D eigenvalue weighted by atomic mass is 10.1. The molecule has 0 spiro atoms. The van der Waals surface area contributed by atoms with E-state index >= 15 is 0 Å². The molecule has 3 rings (SSSR count). The minimum atomic E-state index is -1.20. The van der Waals surface area contributed by atoms with Gasteiger partial charge in [0.25, 0.3) is 5.91 Å². The van der Waals surface area contributed by atoms with E-state index in [-0.39, 0.29) is 19.8 Å². The number of nitrogens with zero attached hydrogens (tertiary/aromatic N) is 1. The van der Waals surface area contributed by atoms with E-state index in [1.165, 1.54) is 6.34 Å². The van der Waals surface area contributed by atoms with E-state index in [9.17, 15) is 19.5 Å². The van der Waals surface area contributed by atoms with Crippen LogP contribution in [-0.4, -0.2) is 48.6 Å². The quantitative estimate of drug-likeness (QED) is 0.165. The lowest BCUT2D eigenvalue weighted by molar-refractivity contribution is -0.141. The van der Waals surface area contributed by atoms with Gasteiger partial charge in [0.05, 0.1) is 6.54 Å². The number of amides is 2. The number of fused-ring (bicyclic) bond motifs is 1. The van der Waals surface area contributed by atoms with Crippen molar-refractivity contribution < 1.29 is 29.0 Å². The molecule has 31 heavy (non-hydrogen) atoms. The number of hydrazone groups is 1. The standard InChI is InChI=1S/C20H21N5O6/c21-24-10-23-14-3-1-2-13(8-14)19(27)22-9-18(26)25-15(20(28)29)6-12-4-5-16-17(7-12)31-11-30-16/h1-5,7-8,10,15H,6,9,11,21H2,(H,22,27)(H,23,24)(H,25,26)(H,28,29). The third kappa shape index (κ3) is 5.85. The summed E-state index contributed by atoms with van der Waals surface area (Å²) >= 11 is 0. The first-order valence-electron chi connectivity index (χ1n) is 9.23. The van der Waals surface area contributed by atoms with Crippen molar-refractivity contribution in [2.24, 2.45) is 10.9 Å². The Hall–Kier alpha value is -4.28. The van der Waals surface area contributed by atoms with Crippen molar-refractivity contribution in [3.05, 3.63) is 53.6 Å². The molecule has 0 saturated heterocycles. The molecule has 0 aromatic heterocycles. The SMILES string of the molecule is NN=CNc1cccc(C(=O)NCC(=O)NC(Cc2ccc3c(c2)OCO3)C(=O)O)c1. The van der Waals surface area contributed by atoms with Gasteiger partial charge in [0.15, 0.2) is 11.5 Å². The molecule has 1 aliphatic heterocycles. The van der Waals surface area contributed by atoms with Crippen LogP contribution >= 0.6 is 0 Å². The van der Waals surface area contributed by atoms with Crippen LogP contribution in [0.5, 0.6) is 11.5 Å². The summed E-state index contributed by atoms with van der Waals surface area (Å²) in [4.78, 5) is 36.0. The van der Waals surface area contributed by atoms with Crippen LogP contribution in [0.3, 0.4) is 0 Å². The molecular weight excluding hydrogens is 406 g/mol. The summed E-state index contributed by atoms with van der Waals surface area (Å²) in [5, 5.41) is 20.4. The van der Waals surface area contributed by atoms with Crippen LogP contribution in [0.1, 0.15) is 15.9 Å². The van der Waals surface area contributed by atoms with E-state index in [0.29, 0.717) is 28.3 Å². The monoisotopic (exact) mass is 427 g/mol. The average molecular weight is 427 g/mol. The molecule has 0 bridgehead atoms. The highest BCUT2D eigenvalue weighted by molar-refractivity contribution is 5.98. The number of carboxylic acid groups (broad SMARTS) is 1. The molecule has 11 heteroatoms. The number of nitrogens with one attached hydrogen (secondary N) is 3. The zero-order valence-electron chi connectivity index (χ0n) is 16.3. The summed E-state index contributed by atoms with van der Waals surface area (Å²) in [7, 11) is 0. The highest BCUT2D eigenvalue weighted by Crippen LogP contribution is 2.32. The molecule has 0 aliphatic carbocycles. The maximum absolute atomic E-state index is 12.3. The van der Waals surface area contributed by atoms with Gasteiger partial charge in [-0.2, -0.15) is 5.10 Å². The predicted molar refractivity (Wildman–Crippen MR) is 111 cm³/mol. The minimum absolute atomic E-state index is 0.0437. The second-order valence-corrected chi connectivity index (χ2v) is 6.54. The van der Waals surface area contributed by atoms with Gasteiger partial charge in [0.2, 0.25) is 12.7 Å². The molecule has 1 unspecified atom stereocenters. The van der Waals surface area contributed by atoms with Crippen LogP contribution in [0, 0.1) is 0 Å². The molecule has 0 saturated carbocycles. The molecule has 6 N–H and O–H groups in total. The van der Waals surface area contributed by atoms with Crippen molar-refractivity contribution in [2.45, 2.75) is 12.5 Å². The van der Waals surface area contributed by atoms with Crippen LogP contribution in [0.15, 0.2) is 47.6 Å². The van der Waals surface area contributed by atoms with Gasteiger partial charge in [-0.05, 0) is 35.9 Å². The lowest BCUT2D eigenvalue weighted by Crippen LogP contribution is -2.46. The van der Waals surface area contributed by atoms with Crippen molar-refractivity contribution >= 4 is 29.8 Å². The number of ether oxygens (including phenoxy) is 2. The Balaban J connectivity index is 1.54. The largest absolute Gasteiger partial charge is 0.480 e. The summed E-state index contributed by atoms with van der Waals surface area (Å²) in [5.41, 5.74) is 1.55. The third-order valence-electron chi connectivity index (χ3n) is 4.35. The third-order valence-corrected chi connectivity index (χ3v) is 4.35. The Morgan fingerprint density at radius 1 is 1.16 bits per heavy atom. The number of benzene rings is 2. The van der Waals surface area contributed by atoms with Crippen molar-refractivity contribution in [3.63, 3.8) is 0 Å². The normalized spacial score (nSPS) is 12.9. The van der Waals surface area contributed by atoms with Gasteiger partial charge in [-0.15, -0.1) is 0 Å². The van der Waals surface area contributed by atoms with E-state index in [1.54, 1.807) is 42.5 Å². The van der Waals surface area contributed by atoms with Crippen LogP contribution < -0.4 is 31.3 Å². The molecule has 2 aromatic rings. The van der Waals surface area contributed by atoms with Gasteiger partial charge < -0.3 is 36.4 Å². The molecule has 0 fully saturated rings. The molecule has 2 aromatic carbocycles. The predicted octanol–water partition coefficient (Wildman–Crippen LogP) is 0.271. The van der Waals surface area contributed by atoms with Gasteiger partial charge in [-0.1, -0.05) is 12.1 Å². The van der Waals surface area contributed by atoms with Gasteiger partial charge in [0, 0.05) is 17.7 Å². The highest BCUT2D eigenvalue weighted by Gasteiger charge is 2.22. The highest BCUT2D eigenvalue weighted by atomic mass is 16.7. The number of carboxylic acids is 1. The first kappa shape index (κ1) is 21.4. The summed E-state index contributed by atoms with van der Waals surface area (Å²) in [6.07, 6.45) is 1.30. The van der Waals surface area contributed by atoms with Crippen LogP contribution in [0.4, 0.5) is 5.69 Å². The number of hydrogen-bond acceptors (Lipinski definition) is 7. The van der Waals surface area contributed by atoms with Crippen molar-refractivity contribution in [1.82, 2.24) is 10.6 Å². The molecule has 162 valence electrons. The molecule has 1 heterocycles. The fourth-order valence-corrected chi connectivity index (χ4v) is 2.87. The van der Waals surface area contributed by atoms with E-state index in [1.807, 2.05) is 0 Å². The zero-order chi connectivity index (χ0) is 22.2. The molecule has 0 radical (unpaired) electrons. The molecule has 1 atom stereocenters. The van der Waals surface area contributed by atoms with Gasteiger partial charge in [-0.3, -0.25) is 9.59 Å². The number of rotatable bonds is 9. The maximum Gasteiger partial charge on any atom is 0.326 e. The Labute approximate surface area is 177 Å². The van der Waals surface area contributed by atoms with Gasteiger partial charge in [0.1, 0.15) is 12.4 Å². The van der Waals surface area contributed by atoms with Crippen LogP contribution in [-0.2, 0) is 16.0 Å². The molecule has 1 aliphatic rings. The Morgan fingerprint density at radius 2 is 1.97 bits per heavy atom. The first-order valence-corrected chi connectivity index (χ1v) is 9.23. The average Bonchev–Trinajstić information content (AvgIpc) is 3.23. The number of nitrogens with two attached hydrogens (primary N) is 1. The van der Waals surface area contributed by atoms with Crippen LogP contribution in [0.2, 0.25) is 0 Å². The van der Waals surface area contributed by atoms with Crippen molar-refractivity contribution in [3.8, 4) is 11.5 Å². The maximum atomic E-state index is 12.3. The van der Waals surface area contributed by atoms with Crippen LogP contribution in [0.25, 0.3) is 0 Å². The zero-order valence-corrected chi connectivity index (χ0v) is 16.3. The van der Waals surface area contributed by atoms with Crippen molar-refractivity contribution in [1.29, 1.82) is 0 Å². The van der Waals surface area contributed by atoms with E-state index < -0.39 is 23.8 Å². The second kappa shape index (κ2) is 9.96. The Bertz CT molecular complexity index is 1010. The fourth-order valence-electron chi connectivity index (χ4n) is 2.87. The first-order chi connectivity index (χ1) is 15.0. The number of anilines is 1. The molecule has 11 nitrogen and oxygen atoms in total. The Kier molecular flexibility index (Phi) is 6.89. The minimum Gasteiger partial charge on any atom is -0.480 e. The van der Waals surface area contributed by atoms with Gasteiger partial charge in [-0.25, -0.2) is 4.79 Å². The molecule has 2 amide bonds.